The van der Waals surface area contributed by atoms with Crippen LogP contribution in [-0.4, -0.2) is 51.4 Å². The van der Waals surface area contributed by atoms with Crippen LogP contribution in [0.5, 0.6) is 5.88 Å². The van der Waals surface area contributed by atoms with Gasteiger partial charge in [0.15, 0.2) is 0 Å². The molecule has 3 heterocycles. The molecule has 9 heteroatoms. The van der Waals surface area contributed by atoms with Crippen LogP contribution in [0.15, 0.2) is 28.9 Å². The Hall–Kier alpha value is -2.23. The lowest BCUT2D eigenvalue weighted by atomic mass is 9.79. The van der Waals surface area contributed by atoms with Crippen molar-refractivity contribution in [1.29, 1.82) is 0 Å². The summed E-state index contributed by atoms with van der Waals surface area (Å²) in [4.78, 5) is 20.1. The lowest BCUT2D eigenvalue weighted by Gasteiger charge is -2.35. The molecule has 1 atom stereocenters. The highest BCUT2D eigenvalue weighted by atomic mass is 79.9. The fourth-order valence-electron chi connectivity index (χ4n) is 4.41. The van der Waals surface area contributed by atoms with E-state index in [2.05, 4.69) is 43.7 Å². The van der Waals surface area contributed by atoms with Gasteiger partial charge in [0.25, 0.3) is 0 Å². The third-order valence-electron chi connectivity index (χ3n) is 6.47. The molecule has 0 amide bonds. The SMILES string of the molecule is O=C(O)[C@@H](CCOC1CC(CCc2ccc3c(n2)NCCC3)C1)NCc1cc(O)ncc1Br. The Morgan fingerprint density at radius 3 is 3.03 bits per heavy atom. The zero-order chi connectivity index (χ0) is 23.2. The molecule has 0 unspecified atom stereocenters. The van der Waals surface area contributed by atoms with Gasteiger partial charge in [0.1, 0.15) is 11.9 Å². The number of hydrogen-bond acceptors (Lipinski definition) is 7. The maximum Gasteiger partial charge on any atom is 0.320 e. The molecule has 0 saturated heterocycles. The highest BCUT2D eigenvalue weighted by molar-refractivity contribution is 9.10. The quantitative estimate of drug-likeness (QED) is 0.356. The van der Waals surface area contributed by atoms with Crippen molar-refractivity contribution in [3.8, 4) is 5.88 Å². The summed E-state index contributed by atoms with van der Waals surface area (Å²) in [5, 5.41) is 25.4. The van der Waals surface area contributed by atoms with E-state index in [1.165, 1.54) is 24.2 Å². The molecule has 0 bridgehead atoms. The summed E-state index contributed by atoms with van der Waals surface area (Å²) >= 11 is 3.36. The second-order valence-electron chi connectivity index (χ2n) is 8.90. The second-order valence-corrected chi connectivity index (χ2v) is 9.76. The second kappa shape index (κ2) is 11.3. The van der Waals surface area contributed by atoms with Gasteiger partial charge in [0.2, 0.25) is 5.88 Å². The van der Waals surface area contributed by atoms with Crippen LogP contribution in [0.3, 0.4) is 0 Å². The first kappa shape index (κ1) is 23.9. The van der Waals surface area contributed by atoms with Gasteiger partial charge in [-0.2, -0.15) is 0 Å². The zero-order valence-corrected chi connectivity index (χ0v) is 20.2. The Balaban J connectivity index is 1.13. The number of halogens is 1. The molecular formula is C24H31BrN4O4. The molecule has 178 valence electrons. The first-order chi connectivity index (χ1) is 16.0. The predicted molar refractivity (Wildman–Crippen MR) is 128 cm³/mol. The van der Waals surface area contributed by atoms with Crippen LogP contribution >= 0.6 is 15.9 Å². The molecule has 2 aromatic rings. The number of nitrogens with zero attached hydrogens (tertiary/aromatic N) is 2. The molecule has 1 saturated carbocycles. The summed E-state index contributed by atoms with van der Waals surface area (Å²) in [6.07, 6.45) is 8.53. The van der Waals surface area contributed by atoms with Crippen LogP contribution in [0.2, 0.25) is 0 Å². The number of aliphatic carboxylic acids is 1. The third-order valence-corrected chi connectivity index (χ3v) is 7.18. The minimum atomic E-state index is -0.911. The van der Waals surface area contributed by atoms with Gasteiger partial charge in [0, 0.05) is 42.1 Å². The van der Waals surface area contributed by atoms with Crippen molar-refractivity contribution >= 4 is 27.7 Å². The number of carbonyl (C=O) groups is 1. The van der Waals surface area contributed by atoms with Crippen LogP contribution in [0, 0.1) is 5.92 Å². The van der Waals surface area contributed by atoms with Crippen LogP contribution in [-0.2, 0) is 28.9 Å². The summed E-state index contributed by atoms with van der Waals surface area (Å²) in [6, 6.07) is 5.16. The number of aromatic hydroxyl groups is 1. The maximum absolute atomic E-state index is 11.6. The summed E-state index contributed by atoms with van der Waals surface area (Å²) in [5.74, 6) is 0.699. The zero-order valence-electron chi connectivity index (χ0n) is 18.6. The van der Waals surface area contributed by atoms with Crippen molar-refractivity contribution in [1.82, 2.24) is 15.3 Å². The standard InChI is InChI=1S/C24H31BrN4O4/c25-20-14-28-22(30)12-17(20)13-27-21(24(31)32)7-9-33-19-10-15(11-19)3-5-18-6-4-16-2-1-8-26-23(16)29-18/h4,6,12,14-15,19,21,27H,1-3,5,7-11,13H2,(H,26,29)(H,28,30)(H,31,32)/t15?,19?,21-/m1/s1. The van der Waals surface area contributed by atoms with Crippen LogP contribution in [0.4, 0.5) is 5.82 Å². The molecule has 1 aliphatic heterocycles. The van der Waals surface area contributed by atoms with Gasteiger partial charge in [-0.3, -0.25) is 4.79 Å². The average Bonchev–Trinajstić information content (AvgIpc) is 2.78. The van der Waals surface area contributed by atoms with Crippen molar-refractivity contribution < 1.29 is 19.7 Å². The fourth-order valence-corrected chi connectivity index (χ4v) is 4.77. The summed E-state index contributed by atoms with van der Waals surface area (Å²) < 4.78 is 6.64. The highest BCUT2D eigenvalue weighted by Crippen LogP contribution is 2.34. The van der Waals surface area contributed by atoms with Gasteiger partial charge >= 0.3 is 5.97 Å². The number of ether oxygens (including phenoxy) is 1. The topological polar surface area (TPSA) is 117 Å². The monoisotopic (exact) mass is 518 g/mol. The molecule has 4 rings (SSSR count). The van der Waals surface area contributed by atoms with Gasteiger partial charge in [-0.05, 0) is 84.0 Å². The number of pyridine rings is 2. The Labute approximate surface area is 202 Å². The molecule has 2 aromatic heterocycles. The molecule has 0 radical (unpaired) electrons. The van der Waals surface area contributed by atoms with Crippen LogP contribution < -0.4 is 10.6 Å². The van der Waals surface area contributed by atoms with Gasteiger partial charge in [-0.15, -0.1) is 0 Å². The van der Waals surface area contributed by atoms with Crippen molar-refractivity contribution in [3.63, 3.8) is 0 Å². The Morgan fingerprint density at radius 2 is 2.21 bits per heavy atom. The molecule has 0 spiro atoms. The van der Waals surface area contributed by atoms with Crippen molar-refractivity contribution in [2.45, 2.75) is 63.6 Å². The number of nitrogens with one attached hydrogen (secondary N) is 2. The fraction of sp³-hybridized carbons (Fsp3) is 0.542. The maximum atomic E-state index is 11.6. The van der Waals surface area contributed by atoms with E-state index in [9.17, 15) is 15.0 Å². The minimum Gasteiger partial charge on any atom is -0.493 e. The first-order valence-corrected chi connectivity index (χ1v) is 12.4. The molecular weight excluding hydrogens is 488 g/mol. The van der Waals surface area contributed by atoms with Crippen molar-refractivity contribution in [2.24, 2.45) is 5.92 Å². The van der Waals surface area contributed by atoms with Gasteiger partial charge in [0.05, 0.1) is 6.10 Å². The minimum absolute atomic E-state index is 0.0937. The predicted octanol–water partition coefficient (Wildman–Crippen LogP) is 3.66. The van der Waals surface area contributed by atoms with E-state index < -0.39 is 12.0 Å². The number of aromatic nitrogens is 2. The number of carboxylic acid groups (broad SMARTS) is 1. The Kier molecular flexibility index (Phi) is 8.16. The van der Waals surface area contributed by atoms with Crippen molar-refractivity contribution in [2.75, 3.05) is 18.5 Å². The van der Waals surface area contributed by atoms with Gasteiger partial charge in [-0.1, -0.05) is 6.07 Å². The molecule has 8 nitrogen and oxygen atoms in total. The number of aryl methyl sites for hydroxylation is 2. The van der Waals surface area contributed by atoms with E-state index in [4.69, 9.17) is 9.72 Å². The molecule has 1 fully saturated rings. The number of fused-ring (bicyclic) bond motifs is 1. The molecule has 2 aliphatic rings. The molecule has 0 aromatic carbocycles. The number of carboxylic acids is 1. The number of anilines is 1. The summed E-state index contributed by atoms with van der Waals surface area (Å²) in [5.41, 5.74) is 3.22. The lowest BCUT2D eigenvalue weighted by Crippen LogP contribution is -2.38. The first-order valence-electron chi connectivity index (χ1n) is 11.6. The summed E-state index contributed by atoms with van der Waals surface area (Å²) in [6.45, 7) is 1.72. The number of rotatable bonds is 11. The van der Waals surface area contributed by atoms with Crippen molar-refractivity contribution in [3.05, 3.63) is 45.7 Å². The van der Waals surface area contributed by atoms with E-state index in [-0.39, 0.29) is 12.0 Å². The smallest absolute Gasteiger partial charge is 0.320 e. The van der Waals surface area contributed by atoms with E-state index in [0.717, 1.165) is 60.2 Å². The molecule has 1 aliphatic carbocycles. The van der Waals surface area contributed by atoms with E-state index in [1.807, 2.05) is 0 Å². The lowest BCUT2D eigenvalue weighted by molar-refractivity contribution is -0.140. The third kappa shape index (κ3) is 6.65. The highest BCUT2D eigenvalue weighted by Gasteiger charge is 2.30. The van der Waals surface area contributed by atoms with E-state index in [1.54, 1.807) is 0 Å². The average molecular weight is 519 g/mol. The van der Waals surface area contributed by atoms with Crippen LogP contribution in [0.25, 0.3) is 0 Å². The largest absolute Gasteiger partial charge is 0.493 e. The molecule has 33 heavy (non-hydrogen) atoms. The molecule has 4 N–H and O–H groups in total. The van der Waals surface area contributed by atoms with Gasteiger partial charge < -0.3 is 25.6 Å². The van der Waals surface area contributed by atoms with Crippen LogP contribution in [0.1, 0.15) is 48.9 Å². The Bertz CT molecular complexity index is 967. The number of hydrogen-bond donors (Lipinski definition) is 4. The van der Waals surface area contributed by atoms with Gasteiger partial charge in [-0.25, -0.2) is 9.97 Å². The van der Waals surface area contributed by atoms with E-state index >= 15 is 0 Å². The van der Waals surface area contributed by atoms with E-state index in [0.29, 0.717) is 25.5 Å². The normalized spacial score (nSPS) is 20.4. The summed E-state index contributed by atoms with van der Waals surface area (Å²) in [7, 11) is 0. The Morgan fingerprint density at radius 1 is 1.36 bits per heavy atom.